The van der Waals surface area contributed by atoms with E-state index in [0.717, 1.165) is 24.8 Å². The van der Waals surface area contributed by atoms with Gasteiger partial charge in [-0.25, -0.2) is 0 Å². The number of piperidine rings is 1. The molecule has 5 heteroatoms. The summed E-state index contributed by atoms with van der Waals surface area (Å²) in [4.78, 5) is 12.7. The summed E-state index contributed by atoms with van der Waals surface area (Å²) in [6.45, 7) is -0.276. The SMILES string of the molecule is O=C(OCCC[18F])[C@H]1[C@@H](c2cccc(/C=C\I)c2)C[C@@H]2CC[C@H]1N2. The Morgan fingerprint density at radius 2 is 2.29 bits per heavy atom. The molecule has 2 fully saturated rings. The largest absolute Gasteiger partial charge is 0.465 e. The summed E-state index contributed by atoms with van der Waals surface area (Å²) in [6.07, 6.45) is 5.42. The van der Waals surface area contributed by atoms with E-state index in [4.69, 9.17) is 4.74 Å². The first kappa shape index (κ1) is 17.9. The smallest absolute Gasteiger partial charge is 0.311 e. The highest BCUT2D eigenvalue weighted by Gasteiger charge is 2.46. The molecule has 2 aliphatic rings. The minimum atomic E-state index is -0.449. The Balaban J connectivity index is 1.83. The average Bonchev–Trinajstić information content (AvgIpc) is 2.96. The Hall–Kier alpha value is -0.950. The fraction of sp³-hybridized carbons (Fsp3) is 0.526. The summed E-state index contributed by atoms with van der Waals surface area (Å²) in [5.74, 6) is -0.187. The quantitative estimate of drug-likeness (QED) is 0.408. The van der Waals surface area contributed by atoms with E-state index >= 15 is 0 Å². The minimum Gasteiger partial charge on any atom is -0.465 e. The van der Waals surface area contributed by atoms with E-state index < -0.39 is 6.67 Å². The molecule has 2 aliphatic heterocycles. The molecule has 1 aromatic carbocycles. The molecule has 1 N–H and O–H groups in total. The molecule has 2 saturated heterocycles. The van der Waals surface area contributed by atoms with Crippen LogP contribution in [0.1, 0.15) is 42.7 Å². The number of halogens is 2. The van der Waals surface area contributed by atoms with Gasteiger partial charge in [0.2, 0.25) is 0 Å². The van der Waals surface area contributed by atoms with Gasteiger partial charge < -0.3 is 10.1 Å². The lowest BCUT2D eigenvalue weighted by Gasteiger charge is -2.36. The molecule has 24 heavy (non-hydrogen) atoms. The van der Waals surface area contributed by atoms with Gasteiger partial charge in [0.15, 0.2) is 0 Å². The molecular weight excluding hydrogens is 419 g/mol. The fourth-order valence-corrected chi connectivity index (χ4v) is 4.43. The van der Waals surface area contributed by atoms with Gasteiger partial charge in [0.25, 0.3) is 0 Å². The van der Waals surface area contributed by atoms with Gasteiger partial charge >= 0.3 is 5.97 Å². The maximum atomic E-state index is 12.7. The van der Waals surface area contributed by atoms with Gasteiger partial charge in [-0.3, -0.25) is 9.18 Å². The molecular formula is C19H23FINO2. The van der Waals surface area contributed by atoms with Crippen LogP contribution >= 0.6 is 22.6 Å². The van der Waals surface area contributed by atoms with E-state index in [1.165, 1.54) is 5.56 Å². The molecule has 4 atom stereocenters. The number of esters is 1. The first-order valence-electron chi connectivity index (χ1n) is 8.58. The molecule has 3 rings (SSSR count). The highest BCUT2D eigenvalue weighted by molar-refractivity contribution is 14.1. The molecule has 2 heterocycles. The van der Waals surface area contributed by atoms with E-state index in [0.29, 0.717) is 6.04 Å². The number of benzene rings is 1. The number of hydrogen-bond acceptors (Lipinski definition) is 3. The lowest BCUT2D eigenvalue weighted by atomic mass is 9.76. The van der Waals surface area contributed by atoms with Crippen molar-refractivity contribution >= 4 is 34.6 Å². The number of alkyl halides is 1. The molecule has 2 bridgehead atoms. The number of nitrogens with one attached hydrogen (secondary N) is 1. The number of ether oxygens (including phenoxy) is 1. The molecule has 0 amide bonds. The predicted molar refractivity (Wildman–Crippen MR) is 102 cm³/mol. The zero-order valence-corrected chi connectivity index (χ0v) is 15.7. The van der Waals surface area contributed by atoms with E-state index in [9.17, 15) is 9.18 Å². The Bertz CT molecular complexity index is 607. The van der Waals surface area contributed by atoms with E-state index in [-0.39, 0.29) is 36.9 Å². The fourth-order valence-electron chi connectivity index (χ4n) is 4.01. The number of carbonyl (C=O) groups is 1. The summed E-state index contributed by atoms with van der Waals surface area (Å²) in [5, 5.41) is 3.56. The topological polar surface area (TPSA) is 38.3 Å². The maximum Gasteiger partial charge on any atom is 0.311 e. The molecule has 3 nitrogen and oxygen atoms in total. The third-order valence-corrected chi connectivity index (χ3v) is 5.43. The van der Waals surface area contributed by atoms with Crippen molar-refractivity contribution in [2.24, 2.45) is 5.92 Å². The molecule has 0 aliphatic carbocycles. The molecule has 0 unspecified atom stereocenters. The number of hydrogen-bond donors (Lipinski definition) is 1. The maximum absolute atomic E-state index is 12.7. The van der Waals surface area contributed by atoms with Crippen LogP contribution in [0.2, 0.25) is 0 Å². The third kappa shape index (κ3) is 3.99. The van der Waals surface area contributed by atoms with Crippen LogP contribution in [0.15, 0.2) is 28.3 Å². The van der Waals surface area contributed by atoms with E-state index in [2.05, 4.69) is 58.2 Å². The van der Waals surface area contributed by atoms with Crippen LogP contribution in [0.4, 0.5) is 4.39 Å². The summed E-state index contributed by atoms with van der Waals surface area (Å²) in [7, 11) is 0. The Labute approximate surface area is 156 Å². The number of carbonyl (C=O) groups excluding carboxylic acids is 1. The number of fused-ring (bicyclic) bond motifs is 2. The summed E-state index contributed by atoms with van der Waals surface area (Å²) >= 11 is 2.21. The standard InChI is InChI=1S/C19H23FINO2/c20-8-2-10-24-19(23)18-16(12-15-5-6-17(18)22-15)14-4-1-3-13(11-14)7-9-21/h1,3-4,7,9,11,15-18,22H,2,5-6,8,10,12H2/b9-7-/t15-,16+,17+,18-/m0/s1/i20-1. The second kappa shape index (κ2) is 8.43. The average molecular weight is 442 g/mol. The second-order valence-electron chi connectivity index (χ2n) is 6.59. The van der Waals surface area contributed by atoms with Crippen LogP contribution in [0, 0.1) is 5.92 Å². The molecule has 0 aromatic heterocycles. The van der Waals surface area contributed by atoms with Gasteiger partial charge in [-0.2, -0.15) is 0 Å². The van der Waals surface area contributed by atoms with Crippen LogP contribution in [0.5, 0.6) is 0 Å². The summed E-state index contributed by atoms with van der Waals surface area (Å²) in [6, 6.07) is 9.07. The minimum absolute atomic E-state index is 0.171. The predicted octanol–water partition coefficient (Wildman–Crippen LogP) is 4.22. The zero-order valence-electron chi connectivity index (χ0n) is 13.6. The van der Waals surface area contributed by atoms with E-state index in [1.54, 1.807) is 0 Å². The van der Waals surface area contributed by atoms with Crippen LogP contribution in [0.25, 0.3) is 6.08 Å². The lowest BCUT2D eigenvalue weighted by molar-refractivity contribution is -0.151. The molecule has 130 valence electrons. The van der Waals surface area contributed by atoms with Crippen molar-refractivity contribution in [1.82, 2.24) is 5.32 Å². The summed E-state index contributed by atoms with van der Waals surface area (Å²) in [5.41, 5.74) is 2.35. The lowest BCUT2D eigenvalue weighted by Crippen LogP contribution is -2.48. The molecule has 0 saturated carbocycles. The van der Waals surface area contributed by atoms with Crippen LogP contribution in [-0.4, -0.2) is 31.3 Å². The first-order chi connectivity index (χ1) is 11.7. The van der Waals surface area contributed by atoms with Gasteiger partial charge in [0.1, 0.15) is 0 Å². The van der Waals surface area contributed by atoms with Crippen molar-refractivity contribution < 1.29 is 13.9 Å². The summed E-state index contributed by atoms with van der Waals surface area (Å²) < 4.78 is 19.6. The normalized spacial score (nSPS) is 29.1. The molecule has 0 radical (unpaired) electrons. The van der Waals surface area contributed by atoms with E-state index in [1.807, 2.05) is 4.08 Å². The van der Waals surface area contributed by atoms with Gasteiger partial charge in [0, 0.05) is 24.4 Å². The second-order valence-corrected chi connectivity index (χ2v) is 7.31. The highest BCUT2D eigenvalue weighted by atomic mass is 127. The van der Waals surface area contributed by atoms with Crippen molar-refractivity contribution in [3.05, 3.63) is 39.5 Å². The Kier molecular flexibility index (Phi) is 6.27. The van der Waals surface area contributed by atoms with Crippen molar-refractivity contribution in [3.63, 3.8) is 0 Å². The third-order valence-electron chi connectivity index (χ3n) is 5.07. The Morgan fingerprint density at radius 1 is 1.42 bits per heavy atom. The van der Waals surface area contributed by atoms with Crippen molar-refractivity contribution in [3.8, 4) is 0 Å². The van der Waals surface area contributed by atoms with Crippen molar-refractivity contribution in [1.29, 1.82) is 0 Å². The molecule has 1 aromatic rings. The van der Waals surface area contributed by atoms with Crippen LogP contribution < -0.4 is 5.32 Å². The van der Waals surface area contributed by atoms with Gasteiger partial charge in [-0.1, -0.05) is 46.9 Å². The first-order valence-corrected chi connectivity index (χ1v) is 9.83. The Morgan fingerprint density at radius 3 is 3.08 bits per heavy atom. The zero-order chi connectivity index (χ0) is 16.9. The van der Waals surface area contributed by atoms with Crippen molar-refractivity contribution in [2.45, 2.75) is 43.7 Å². The van der Waals surface area contributed by atoms with Gasteiger partial charge in [-0.15, -0.1) is 0 Å². The molecule has 0 spiro atoms. The van der Waals surface area contributed by atoms with Gasteiger partial charge in [-0.05, 0) is 40.5 Å². The monoisotopic (exact) mass is 442 g/mol. The number of rotatable bonds is 6. The van der Waals surface area contributed by atoms with Crippen LogP contribution in [0.3, 0.4) is 0 Å². The van der Waals surface area contributed by atoms with Crippen molar-refractivity contribution in [2.75, 3.05) is 13.3 Å². The van der Waals surface area contributed by atoms with Gasteiger partial charge in [0.05, 0.1) is 19.2 Å². The highest BCUT2D eigenvalue weighted by Crippen LogP contribution is 2.42. The van der Waals surface area contributed by atoms with Crippen LogP contribution in [-0.2, 0) is 9.53 Å².